The van der Waals surface area contributed by atoms with Crippen LogP contribution in [0.2, 0.25) is 0 Å². The minimum atomic E-state index is -1.03. The number of nitrogens with zero attached hydrogens (tertiary/aromatic N) is 2. The predicted molar refractivity (Wildman–Crippen MR) is 124 cm³/mol. The molecule has 5 amide bonds. The molecule has 0 aromatic heterocycles. The minimum absolute atomic E-state index is 0.0578. The van der Waals surface area contributed by atoms with Crippen molar-refractivity contribution >= 4 is 35.4 Å². The monoisotopic (exact) mass is 472 g/mol. The largest absolute Gasteiger partial charge is 0.444 e. The summed E-state index contributed by atoms with van der Waals surface area (Å²) in [5, 5.41) is 5.34. The smallest absolute Gasteiger partial charge is 0.410 e. The van der Waals surface area contributed by atoms with Crippen molar-refractivity contribution in [3.05, 3.63) is 29.3 Å². The number of amides is 5. The molecule has 0 spiro atoms. The molecule has 0 bridgehead atoms. The van der Waals surface area contributed by atoms with E-state index >= 15 is 0 Å². The van der Waals surface area contributed by atoms with Crippen molar-refractivity contribution < 1.29 is 28.7 Å². The third-order valence-corrected chi connectivity index (χ3v) is 5.54. The van der Waals surface area contributed by atoms with Gasteiger partial charge in [-0.3, -0.25) is 29.4 Å². The van der Waals surface area contributed by atoms with Gasteiger partial charge >= 0.3 is 6.09 Å². The lowest BCUT2D eigenvalue weighted by atomic mass is 10.0. The number of fused-ring (bicyclic) bond motifs is 1. The summed E-state index contributed by atoms with van der Waals surface area (Å²) in [7, 11) is 0. The fourth-order valence-corrected chi connectivity index (χ4v) is 3.98. The number of ether oxygens (including phenoxy) is 1. The van der Waals surface area contributed by atoms with Crippen molar-refractivity contribution in [1.29, 1.82) is 0 Å². The normalized spacial score (nSPS) is 18.5. The number of benzene rings is 1. The molecule has 1 unspecified atom stereocenters. The molecule has 2 aliphatic rings. The van der Waals surface area contributed by atoms with Crippen molar-refractivity contribution in [1.82, 2.24) is 15.1 Å². The number of imide groups is 2. The van der Waals surface area contributed by atoms with E-state index in [9.17, 15) is 24.0 Å². The molecule has 2 heterocycles. The molecule has 1 atom stereocenters. The highest BCUT2D eigenvalue weighted by Gasteiger charge is 2.45. The summed E-state index contributed by atoms with van der Waals surface area (Å²) < 4.78 is 5.53. The number of nitrogens with one attached hydrogen (secondary N) is 2. The first-order chi connectivity index (χ1) is 15.7. The number of hydrogen-bond acceptors (Lipinski definition) is 7. The van der Waals surface area contributed by atoms with E-state index in [1.807, 2.05) is 20.8 Å². The summed E-state index contributed by atoms with van der Waals surface area (Å²) in [6.45, 7) is 11.7. The van der Waals surface area contributed by atoms with Gasteiger partial charge in [-0.1, -0.05) is 6.07 Å². The number of carbonyl (C=O) groups excluding carboxylic acids is 5. The van der Waals surface area contributed by atoms with Gasteiger partial charge in [0.05, 0.1) is 11.1 Å². The van der Waals surface area contributed by atoms with Crippen molar-refractivity contribution in [3.8, 4) is 0 Å². The highest BCUT2D eigenvalue weighted by molar-refractivity contribution is 6.25. The van der Waals surface area contributed by atoms with E-state index in [0.29, 0.717) is 18.8 Å². The van der Waals surface area contributed by atoms with Crippen LogP contribution in [0, 0.1) is 0 Å². The first-order valence-electron chi connectivity index (χ1n) is 11.3. The molecule has 1 aromatic rings. The van der Waals surface area contributed by atoms with Gasteiger partial charge < -0.3 is 15.0 Å². The first kappa shape index (κ1) is 25.2. The van der Waals surface area contributed by atoms with E-state index in [2.05, 4.69) is 10.6 Å². The fraction of sp³-hybridized carbons (Fsp3) is 0.542. The zero-order chi connectivity index (χ0) is 25.4. The topological polar surface area (TPSA) is 125 Å². The minimum Gasteiger partial charge on any atom is -0.444 e. The van der Waals surface area contributed by atoms with Crippen LogP contribution in [0.15, 0.2) is 18.2 Å². The van der Waals surface area contributed by atoms with Gasteiger partial charge in [-0.2, -0.15) is 0 Å². The number of hydrogen-bond donors (Lipinski definition) is 2. The average molecular weight is 473 g/mol. The maximum atomic E-state index is 13.2. The van der Waals surface area contributed by atoms with Crippen LogP contribution in [0.3, 0.4) is 0 Å². The SMILES string of the molecule is CC(C)(C)OC(=O)N(CCNc1cccc2c1C(=O)N(C1CCC(=O)NC1=O)C2=O)C(C)(C)C. The Morgan fingerprint density at radius 3 is 2.38 bits per heavy atom. The molecule has 10 heteroatoms. The van der Waals surface area contributed by atoms with Crippen LogP contribution < -0.4 is 10.6 Å². The van der Waals surface area contributed by atoms with Gasteiger partial charge in [-0.05, 0) is 60.1 Å². The van der Waals surface area contributed by atoms with Gasteiger partial charge in [0.2, 0.25) is 11.8 Å². The summed E-state index contributed by atoms with van der Waals surface area (Å²) >= 11 is 0. The standard InChI is InChI=1S/C24H32N4O6/c1-23(2,3)27(22(33)34-24(4,5)6)13-12-25-15-9-7-8-14-18(15)21(32)28(20(14)31)16-10-11-17(29)26-19(16)30/h7-9,16,25H,10-13H2,1-6H3,(H,26,29,30). The lowest BCUT2D eigenvalue weighted by molar-refractivity contribution is -0.136. The molecule has 184 valence electrons. The van der Waals surface area contributed by atoms with Crippen molar-refractivity contribution in [2.24, 2.45) is 0 Å². The molecule has 34 heavy (non-hydrogen) atoms. The molecule has 2 aliphatic heterocycles. The van der Waals surface area contributed by atoms with Gasteiger partial charge in [0.15, 0.2) is 0 Å². The Labute approximate surface area is 199 Å². The van der Waals surface area contributed by atoms with Crippen LogP contribution in [-0.4, -0.2) is 69.8 Å². The fourth-order valence-electron chi connectivity index (χ4n) is 3.98. The molecular formula is C24H32N4O6. The van der Waals surface area contributed by atoms with Gasteiger partial charge in [0, 0.05) is 30.7 Å². The van der Waals surface area contributed by atoms with E-state index in [1.165, 1.54) is 6.07 Å². The molecule has 1 saturated heterocycles. The van der Waals surface area contributed by atoms with Crippen LogP contribution in [0.5, 0.6) is 0 Å². The van der Waals surface area contributed by atoms with Crippen molar-refractivity contribution in [3.63, 3.8) is 0 Å². The van der Waals surface area contributed by atoms with Crippen LogP contribution in [0.25, 0.3) is 0 Å². The number of carbonyl (C=O) groups is 5. The Morgan fingerprint density at radius 2 is 1.79 bits per heavy atom. The number of rotatable bonds is 5. The Balaban J connectivity index is 1.76. The molecule has 10 nitrogen and oxygen atoms in total. The van der Waals surface area contributed by atoms with E-state index in [-0.39, 0.29) is 24.0 Å². The second kappa shape index (κ2) is 9.08. The third-order valence-electron chi connectivity index (χ3n) is 5.54. The van der Waals surface area contributed by atoms with Crippen molar-refractivity contribution in [2.75, 3.05) is 18.4 Å². The second-order valence-electron chi connectivity index (χ2n) is 10.4. The second-order valence-corrected chi connectivity index (χ2v) is 10.4. The maximum absolute atomic E-state index is 13.2. The number of anilines is 1. The van der Waals surface area contributed by atoms with Gasteiger partial charge in [-0.15, -0.1) is 0 Å². The van der Waals surface area contributed by atoms with Crippen LogP contribution in [-0.2, 0) is 14.3 Å². The van der Waals surface area contributed by atoms with Gasteiger partial charge in [0.1, 0.15) is 11.6 Å². The zero-order valence-electron chi connectivity index (χ0n) is 20.5. The predicted octanol–water partition coefficient (Wildman–Crippen LogP) is 2.54. The van der Waals surface area contributed by atoms with Crippen LogP contribution in [0.1, 0.15) is 75.1 Å². The molecule has 3 rings (SSSR count). The van der Waals surface area contributed by atoms with Crippen LogP contribution in [0.4, 0.5) is 10.5 Å². The lowest BCUT2D eigenvalue weighted by Gasteiger charge is -2.37. The van der Waals surface area contributed by atoms with E-state index < -0.39 is 46.9 Å². The average Bonchev–Trinajstić information content (AvgIpc) is 2.94. The molecule has 2 N–H and O–H groups in total. The Morgan fingerprint density at radius 1 is 1.12 bits per heavy atom. The Bertz CT molecular complexity index is 1040. The Hall–Kier alpha value is -3.43. The van der Waals surface area contributed by atoms with E-state index in [0.717, 1.165) is 4.90 Å². The molecular weight excluding hydrogens is 440 g/mol. The van der Waals surface area contributed by atoms with Gasteiger partial charge in [-0.25, -0.2) is 4.79 Å². The highest BCUT2D eigenvalue weighted by atomic mass is 16.6. The van der Waals surface area contributed by atoms with Crippen LogP contribution >= 0.6 is 0 Å². The summed E-state index contributed by atoms with van der Waals surface area (Å²) in [4.78, 5) is 65.1. The zero-order valence-corrected chi connectivity index (χ0v) is 20.5. The first-order valence-corrected chi connectivity index (χ1v) is 11.3. The number of piperidine rings is 1. The molecule has 0 aliphatic carbocycles. The van der Waals surface area contributed by atoms with E-state index in [1.54, 1.807) is 37.8 Å². The van der Waals surface area contributed by atoms with E-state index in [4.69, 9.17) is 4.74 Å². The molecule has 0 saturated carbocycles. The van der Waals surface area contributed by atoms with Crippen molar-refractivity contribution in [2.45, 2.75) is 71.6 Å². The molecule has 0 radical (unpaired) electrons. The maximum Gasteiger partial charge on any atom is 0.410 e. The highest BCUT2D eigenvalue weighted by Crippen LogP contribution is 2.32. The summed E-state index contributed by atoms with van der Waals surface area (Å²) in [6, 6.07) is 3.83. The molecule has 1 aromatic carbocycles. The Kier molecular flexibility index (Phi) is 6.73. The lowest BCUT2D eigenvalue weighted by Crippen LogP contribution is -2.54. The summed E-state index contributed by atoms with van der Waals surface area (Å²) in [5.74, 6) is -2.23. The summed E-state index contributed by atoms with van der Waals surface area (Å²) in [6.07, 6.45) is -0.298. The third kappa shape index (κ3) is 5.21. The molecule has 1 fully saturated rings. The van der Waals surface area contributed by atoms with Gasteiger partial charge in [0.25, 0.3) is 11.8 Å². The quantitative estimate of drug-likeness (QED) is 0.631. The summed E-state index contributed by atoms with van der Waals surface area (Å²) in [5.41, 5.74) is -0.336.